The van der Waals surface area contributed by atoms with Crippen molar-refractivity contribution in [3.63, 3.8) is 0 Å². The van der Waals surface area contributed by atoms with E-state index in [-0.39, 0.29) is 11.4 Å². The topological polar surface area (TPSA) is 77.0 Å². The molecular formula is C20H22N4O2. The number of methoxy groups -OCH3 is 1. The number of benzene rings is 1. The van der Waals surface area contributed by atoms with Gasteiger partial charge in [-0.3, -0.25) is 4.98 Å². The molecule has 2 aromatic heterocycles. The maximum Gasteiger partial charge on any atom is 0.328 e. The van der Waals surface area contributed by atoms with Gasteiger partial charge in [0.25, 0.3) is 0 Å². The highest BCUT2D eigenvalue weighted by atomic mass is 16.5. The number of carbonyl (C=O) groups is 1. The van der Waals surface area contributed by atoms with Crippen molar-refractivity contribution in [2.45, 2.75) is 26.8 Å². The van der Waals surface area contributed by atoms with E-state index in [0.717, 1.165) is 16.5 Å². The van der Waals surface area contributed by atoms with Gasteiger partial charge in [-0.2, -0.15) is 0 Å². The number of carbonyl (C=O) groups excluding carboxylic acids is 1. The van der Waals surface area contributed by atoms with Crippen molar-refractivity contribution in [3.8, 4) is 11.4 Å². The Morgan fingerprint density at radius 1 is 1.08 bits per heavy atom. The summed E-state index contributed by atoms with van der Waals surface area (Å²) in [7, 11) is 1.39. The highest BCUT2D eigenvalue weighted by molar-refractivity contribution is 5.92. The molecule has 0 saturated heterocycles. The van der Waals surface area contributed by atoms with Crippen LogP contribution in [0.5, 0.6) is 0 Å². The van der Waals surface area contributed by atoms with E-state index in [1.54, 1.807) is 12.4 Å². The van der Waals surface area contributed by atoms with Gasteiger partial charge in [0.05, 0.1) is 12.6 Å². The van der Waals surface area contributed by atoms with Crippen molar-refractivity contribution in [2.75, 3.05) is 12.4 Å². The lowest BCUT2D eigenvalue weighted by Crippen LogP contribution is -2.42. The van der Waals surface area contributed by atoms with Crippen molar-refractivity contribution in [1.29, 1.82) is 0 Å². The van der Waals surface area contributed by atoms with Gasteiger partial charge in [0.1, 0.15) is 11.9 Å². The fourth-order valence-corrected chi connectivity index (χ4v) is 2.70. The van der Waals surface area contributed by atoms with E-state index in [2.05, 4.69) is 20.3 Å². The number of nitrogens with one attached hydrogen (secondary N) is 1. The Labute approximate surface area is 152 Å². The predicted molar refractivity (Wildman–Crippen MR) is 102 cm³/mol. The summed E-state index contributed by atoms with van der Waals surface area (Å²) in [5.74, 6) is 0.851. The molecule has 0 saturated carbocycles. The Hall–Kier alpha value is -3.02. The van der Waals surface area contributed by atoms with Crippen molar-refractivity contribution < 1.29 is 9.53 Å². The molecule has 0 radical (unpaired) electrons. The van der Waals surface area contributed by atoms with E-state index in [9.17, 15) is 4.79 Å². The Kier molecular flexibility index (Phi) is 4.84. The SMILES string of the molecule is COC(=O)[C@@H](Nc1nc(-c2ccncc2)nc2ccccc12)C(C)(C)C. The number of nitrogens with zero attached hydrogens (tertiary/aromatic N) is 3. The van der Waals surface area contributed by atoms with Crippen LogP contribution < -0.4 is 5.32 Å². The van der Waals surface area contributed by atoms with Gasteiger partial charge in [-0.1, -0.05) is 32.9 Å². The molecule has 0 bridgehead atoms. The standard InChI is InChI=1S/C20H22N4O2/c1-20(2,3)16(19(25)26-4)23-18-14-7-5-6-8-15(14)22-17(24-18)13-9-11-21-12-10-13/h5-12,16H,1-4H3,(H,22,23,24)/t16-/m1/s1. The monoisotopic (exact) mass is 350 g/mol. The zero-order valence-corrected chi connectivity index (χ0v) is 15.4. The minimum Gasteiger partial charge on any atom is -0.467 e. The van der Waals surface area contributed by atoms with Crippen molar-refractivity contribution >= 4 is 22.7 Å². The van der Waals surface area contributed by atoms with Gasteiger partial charge in [-0.05, 0) is 29.7 Å². The van der Waals surface area contributed by atoms with E-state index >= 15 is 0 Å². The van der Waals surface area contributed by atoms with Gasteiger partial charge in [0, 0.05) is 23.3 Å². The molecular weight excluding hydrogens is 328 g/mol. The molecule has 134 valence electrons. The number of fused-ring (bicyclic) bond motifs is 1. The summed E-state index contributed by atoms with van der Waals surface area (Å²) in [5.41, 5.74) is 1.31. The summed E-state index contributed by atoms with van der Waals surface area (Å²) in [6, 6.07) is 10.9. The average molecular weight is 350 g/mol. The molecule has 3 aromatic rings. The highest BCUT2D eigenvalue weighted by Gasteiger charge is 2.33. The van der Waals surface area contributed by atoms with Crippen LogP contribution in [0.3, 0.4) is 0 Å². The zero-order valence-electron chi connectivity index (χ0n) is 15.4. The molecule has 6 nitrogen and oxygen atoms in total. The second-order valence-electron chi connectivity index (χ2n) is 7.12. The first-order valence-corrected chi connectivity index (χ1v) is 8.41. The summed E-state index contributed by atoms with van der Waals surface area (Å²) < 4.78 is 4.98. The van der Waals surface area contributed by atoms with Gasteiger partial charge in [-0.25, -0.2) is 14.8 Å². The Balaban J connectivity index is 2.13. The second kappa shape index (κ2) is 7.07. The first-order chi connectivity index (χ1) is 12.4. The quantitative estimate of drug-likeness (QED) is 0.723. The number of ether oxygens (including phenoxy) is 1. The number of para-hydroxylation sites is 1. The number of aromatic nitrogens is 3. The lowest BCUT2D eigenvalue weighted by Gasteiger charge is -2.29. The molecule has 1 N–H and O–H groups in total. The second-order valence-corrected chi connectivity index (χ2v) is 7.12. The van der Waals surface area contributed by atoms with Gasteiger partial charge in [0.15, 0.2) is 5.82 Å². The third-order valence-electron chi connectivity index (χ3n) is 4.13. The molecule has 0 aliphatic carbocycles. The normalized spacial score (nSPS) is 12.6. The molecule has 0 aliphatic heterocycles. The number of pyridine rings is 1. The lowest BCUT2D eigenvalue weighted by atomic mass is 9.86. The molecule has 1 aromatic carbocycles. The Morgan fingerprint density at radius 2 is 1.77 bits per heavy atom. The zero-order chi connectivity index (χ0) is 18.7. The highest BCUT2D eigenvalue weighted by Crippen LogP contribution is 2.29. The number of anilines is 1. The summed E-state index contributed by atoms with van der Waals surface area (Å²) in [6.07, 6.45) is 3.40. The molecule has 0 spiro atoms. The molecule has 0 amide bonds. The van der Waals surface area contributed by atoms with Crippen LogP contribution >= 0.6 is 0 Å². The summed E-state index contributed by atoms with van der Waals surface area (Å²) in [6.45, 7) is 5.94. The fourth-order valence-electron chi connectivity index (χ4n) is 2.70. The van der Waals surface area contributed by atoms with Crippen LogP contribution in [0.2, 0.25) is 0 Å². The molecule has 2 heterocycles. The molecule has 3 rings (SSSR count). The number of hydrogen-bond donors (Lipinski definition) is 1. The summed E-state index contributed by atoms with van der Waals surface area (Å²) >= 11 is 0. The van der Waals surface area contributed by atoms with Gasteiger partial charge in [0.2, 0.25) is 0 Å². The van der Waals surface area contributed by atoms with Crippen LogP contribution in [0.1, 0.15) is 20.8 Å². The number of esters is 1. The molecule has 0 aliphatic rings. The van der Waals surface area contributed by atoms with Crippen LogP contribution in [0, 0.1) is 5.41 Å². The van der Waals surface area contributed by atoms with Crippen LogP contribution in [-0.4, -0.2) is 34.1 Å². The third-order valence-corrected chi connectivity index (χ3v) is 4.13. The van der Waals surface area contributed by atoms with Gasteiger partial charge in [-0.15, -0.1) is 0 Å². The average Bonchev–Trinajstić information content (AvgIpc) is 2.65. The molecule has 6 heteroatoms. The summed E-state index contributed by atoms with van der Waals surface area (Å²) in [4.78, 5) is 25.7. The number of rotatable bonds is 4. The van der Waals surface area contributed by atoms with Crippen molar-refractivity contribution in [3.05, 3.63) is 48.8 Å². The molecule has 0 fully saturated rings. The fraction of sp³-hybridized carbons (Fsp3) is 0.300. The van der Waals surface area contributed by atoms with Crippen LogP contribution in [0.25, 0.3) is 22.3 Å². The molecule has 0 unspecified atom stereocenters. The first kappa shape index (κ1) is 17.8. The van der Waals surface area contributed by atoms with E-state index in [1.807, 2.05) is 57.2 Å². The van der Waals surface area contributed by atoms with Crippen LogP contribution in [0.15, 0.2) is 48.8 Å². The molecule has 1 atom stereocenters. The number of hydrogen-bond acceptors (Lipinski definition) is 6. The van der Waals surface area contributed by atoms with Crippen molar-refractivity contribution in [1.82, 2.24) is 15.0 Å². The van der Waals surface area contributed by atoms with Gasteiger partial charge >= 0.3 is 5.97 Å². The minimum absolute atomic E-state index is 0.328. The van der Waals surface area contributed by atoms with E-state index in [4.69, 9.17) is 4.74 Å². The largest absolute Gasteiger partial charge is 0.467 e. The predicted octanol–water partition coefficient (Wildman–Crippen LogP) is 3.69. The summed E-state index contributed by atoms with van der Waals surface area (Å²) in [5, 5.41) is 4.13. The lowest BCUT2D eigenvalue weighted by molar-refractivity contribution is -0.143. The van der Waals surface area contributed by atoms with Gasteiger partial charge < -0.3 is 10.1 Å². The maximum absolute atomic E-state index is 12.3. The maximum atomic E-state index is 12.3. The van der Waals surface area contributed by atoms with E-state index < -0.39 is 6.04 Å². The van der Waals surface area contributed by atoms with E-state index in [1.165, 1.54) is 7.11 Å². The minimum atomic E-state index is -0.545. The Bertz CT molecular complexity index is 920. The molecule has 26 heavy (non-hydrogen) atoms. The third kappa shape index (κ3) is 3.64. The first-order valence-electron chi connectivity index (χ1n) is 8.41. The Morgan fingerprint density at radius 3 is 2.42 bits per heavy atom. The van der Waals surface area contributed by atoms with E-state index in [0.29, 0.717) is 11.6 Å². The smallest absolute Gasteiger partial charge is 0.328 e. The van der Waals surface area contributed by atoms with Crippen molar-refractivity contribution in [2.24, 2.45) is 5.41 Å². The van der Waals surface area contributed by atoms with Crippen LogP contribution in [-0.2, 0) is 9.53 Å². The van der Waals surface area contributed by atoms with Crippen LogP contribution in [0.4, 0.5) is 5.82 Å².